The first-order chi connectivity index (χ1) is 16.7. The van der Waals surface area contributed by atoms with E-state index in [1.165, 1.54) is 12.1 Å². The predicted molar refractivity (Wildman–Crippen MR) is 120 cm³/mol. The fraction of sp³-hybridized carbons (Fsp3) is 0.273. The second-order valence-electron chi connectivity index (χ2n) is 7.71. The maximum atomic E-state index is 13.8. The number of carboxylic acid groups (broad SMARTS) is 2. The van der Waals surface area contributed by atoms with Crippen molar-refractivity contribution in [2.75, 3.05) is 0 Å². The highest BCUT2D eigenvalue weighted by atomic mass is 31.2. The second kappa shape index (κ2) is 11.8. The number of amides is 2. The van der Waals surface area contributed by atoms with E-state index in [2.05, 4.69) is 10.6 Å². The molecule has 0 radical (unpaired) electrons. The number of carbonyl (C=O) groups is 4. The molecule has 0 aliphatic heterocycles. The van der Waals surface area contributed by atoms with Gasteiger partial charge in [0.15, 0.2) is 0 Å². The van der Waals surface area contributed by atoms with E-state index in [1.807, 2.05) is 0 Å². The lowest BCUT2D eigenvalue weighted by molar-refractivity contribution is -0.142. The van der Waals surface area contributed by atoms with Crippen LogP contribution in [-0.4, -0.2) is 55.8 Å². The highest BCUT2D eigenvalue weighted by molar-refractivity contribution is 7.52. The van der Waals surface area contributed by atoms with E-state index in [9.17, 15) is 37.6 Å². The molecule has 0 unspecified atom stereocenters. The molecule has 0 spiro atoms. The van der Waals surface area contributed by atoms with Crippen molar-refractivity contribution in [2.24, 2.45) is 0 Å². The minimum absolute atomic E-state index is 0.142. The molecule has 0 bridgehead atoms. The minimum atomic E-state index is -5.79. The van der Waals surface area contributed by atoms with Gasteiger partial charge >= 0.3 is 25.2 Å². The molecule has 0 aliphatic carbocycles. The quantitative estimate of drug-likeness (QED) is 0.223. The molecule has 0 fully saturated rings. The Balaban J connectivity index is 2.16. The first-order valence-electron chi connectivity index (χ1n) is 10.4. The van der Waals surface area contributed by atoms with Crippen molar-refractivity contribution >= 4 is 31.3 Å². The van der Waals surface area contributed by atoms with E-state index in [4.69, 9.17) is 14.9 Å². The first kappa shape index (κ1) is 28.6. The number of carbonyl (C=O) groups excluding carboxylic acids is 2. The molecule has 6 N–H and O–H groups in total. The summed E-state index contributed by atoms with van der Waals surface area (Å²) >= 11 is 0. The third-order valence-electron chi connectivity index (χ3n) is 5.03. The summed E-state index contributed by atoms with van der Waals surface area (Å²) in [5, 5.41) is 23.0. The Morgan fingerprint density at radius 1 is 0.889 bits per heavy atom. The molecule has 0 aromatic heterocycles. The van der Waals surface area contributed by atoms with Crippen LogP contribution >= 0.6 is 7.60 Å². The highest BCUT2D eigenvalue weighted by Gasteiger charge is 2.50. The molecule has 2 amide bonds. The van der Waals surface area contributed by atoms with Gasteiger partial charge in [0.25, 0.3) is 5.91 Å². The van der Waals surface area contributed by atoms with Crippen LogP contribution in [0.25, 0.3) is 0 Å². The van der Waals surface area contributed by atoms with Gasteiger partial charge in [0.05, 0.1) is 0 Å². The number of carboxylic acids is 2. The number of nitrogens with one attached hydrogen (secondary N) is 2. The van der Waals surface area contributed by atoms with E-state index in [0.29, 0.717) is 0 Å². The van der Waals surface area contributed by atoms with Crippen molar-refractivity contribution in [3.63, 3.8) is 0 Å². The molecule has 0 saturated carbocycles. The summed E-state index contributed by atoms with van der Waals surface area (Å²) < 4.78 is 38.6. The van der Waals surface area contributed by atoms with Gasteiger partial charge in [-0.05, 0) is 24.1 Å². The van der Waals surface area contributed by atoms with Gasteiger partial charge in [-0.15, -0.1) is 0 Å². The average Bonchev–Trinajstić information content (AvgIpc) is 2.81. The van der Waals surface area contributed by atoms with Crippen LogP contribution in [0, 0.1) is 0 Å². The molecule has 0 heterocycles. The summed E-state index contributed by atoms with van der Waals surface area (Å²) in [7, 11) is -5.79. The maximum Gasteiger partial charge on any atom is 0.399 e. The van der Waals surface area contributed by atoms with Crippen LogP contribution in [-0.2, 0) is 31.0 Å². The zero-order chi connectivity index (χ0) is 27.1. The second-order valence-corrected chi connectivity index (χ2v) is 9.36. The Bertz CT molecular complexity index is 1150. The topological polar surface area (TPSA) is 190 Å². The fourth-order valence-electron chi connectivity index (χ4n) is 3.09. The Labute approximate surface area is 203 Å². The Morgan fingerprint density at radius 2 is 1.47 bits per heavy atom. The Morgan fingerprint density at radius 3 is 1.97 bits per heavy atom. The van der Waals surface area contributed by atoms with E-state index >= 15 is 0 Å². The molecule has 2 aromatic carbocycles. The molecule has 11 nitrogen and oxygen atoms in total. The molecule has 2 aromatic rings. The highest BCUT2D eigenvalue weighted by Crippen LogP contribution is 2.59. The average molecular weight is 528 g/mol. The Hall–Kier alpha value is -3.67. The smallest absolute Gasteiger partial charge is 0.399 e. The number of aliphatic carboxylic acids is 2. The predicted octanol–water partition coefficient (Wildman–Crippen LogP) is 1.69. The molecule has 36 heavy (non-hydrogen) atoms. The fourth-order valence-corrected chi connectivity index (χ4v) is 3.57. The van der Waals surface area contributed by atoms with E-state index in [-0.39, 0.29) is 17.5 Å². The monoisotopic (exact) mass is 528 g/mol. The molecule has 0 aliphatic rings. The van der Waals surface area contributed by atoms with E-state index in [0.717, 1.165) is 24.3 Å². The molecule has 194 valence electrons. The van der Waals surface area contributed by atoms with Crippen LogP contribution in [0.15, 0.2) is 54.6 Å². The summed E-state index contributed by atoms with van der Waals surface area (Å²) in [6.45, 7) is 0. The van der Waals surface area contributed by atoms with Gasteiger partial charge in [0.1, 0.15) is 12.1 Å². The number of benzene rings is 2. The maximum absolute atomic E-state index is 13.8. The van der Waals surface area contributed by atoms with Gasteiger partial charge in [0, 0.05) is 24.0 Å². The van der Waals surface area contributed by atoms with Crippen LogP contribution in [0.4, 0.5) is 8.78 Å². The van der Waals surface area contributed by atoms with Crippen molar-refractivity contribution in [2.45, 2.75) is 37.0 Å². The molecule has 2 atom stereocenters. The lowest BCUT2D eigenvalue weighted by Crippen LogP contribution is -2.52. The normalized spacial score (nSPS) is 13.3. The van der Waals surface area contributed by atoms with Gasteiger partial charge in [-0.1, -0.05) is 42.5 Å². The summed E-state index contributed by atoms with van der Waals surface area (Å²) in [6.07, 6.45) is -1.24. The standard InChI is InChI=1S/C22H23F2N2O9P/c23-22(24,36(33,34)35)15-8-6-13(7-9-15)12-17(21(31)32)26-20(30)16(10-11-18(27)28)25-19(29)14-4-2-1-3-5-14/h1-9,16-17H,10-12H2,(H,25,29)(H,26,30)(H,27,28)(H,31,32)(H2,33,34,35)/t16-,17-/m0/s1. The number of alkyl halides is 2. The third kappa shape index (κ3) is 7.67. The SMILES string of the molecule is O=C(O)CC[C@H](NC(=O)c1ccccc1)C(=O)N[C@@H](Cc1ccc(C(F)(F)P(=O)(O)O)cc1)C(=O)O. The van der Waals surface area contributed by atoms with Gasteiger partial charge in [-0.2, -0.15) is 8.78 Å². The van der Waals surface area contributed by atoms with Crippen LogP contribution in [0.3, 0.4) is 0 Å². The van der Waals surface area contributed by atoms with Gasteiger partial charge in [-0.3, -0.25) is 18.9 Å². The van der Waals surface area contributed by atoms with Crippen molar-refractivity contribution < 1.29 is 52.5 Å². The number of hydrogen-bond donors (Lipinski definition) is 6. The minimum Gasteiger partial charge on any atom is -0.481 e. The summed E-state index contributed by atoms with van der Waals surface area (Å²) in [5.74, 6) is -4.41. The van der Waals surface area contributed by atoms with Gasteiger partial charge in [-0.25, -0.2) is 4.79 Å². The van der Waals surface area contributed by atoms with Crippen LogP contribution in [0.5, 0.6) is 0 Å². The molecule has 2 rings (SSSR count). The number of halogens is 2. The van der Waals surface area contributed by atoms with Crippen LogP contribution < -0.4 is 10.6 Å². The molecular formula is C22H23F2N2O9P. The molecule has 0 saturated heterocycles. The zero-order valence-corrected chi connectivity index (χ0v) is 19.4. The zero-order valence-electron chi connectivity index (χ0n) is 18.5. The number of hydrogen-bond acceptors (Lipinski definition) is 5. The van der Waals surface area contributed by atoms with Crippen LogP contribution in [0.1, 0.15) is 34.3 Å². The largest absolute Gasteiger partial charge is 0.481 e. The lowest BCUT2D eigenvalue weighted by atomic mass is 10.0. The Kier molecular flexibility index (Phi) is 9.40. The van der Waals surface area contributed by atoms with Crippen LogP contribution in [0.2, 0.25) is 0 Å². The van der Waals surface area contributed by atoms with Gasteiger partial charge < -0.3 is 30.6 Å². The van der Waals surface area contributed by atoms with E-state index < -0.39 is 67.5 Å². The molecular weight excluding hydrogens is 505 g/mol. The third-order valence-corrected chi connectivity index (χ3v) is 6.02. The van der Waals surface area contributed by atoms with Crippen molar-refractivity contribution in [3.05, 3.63) is 71.3 Å². The summed E-state index contributed by atoms with van der Waals surface area (Å²) in [4.78, 5) is 65.5. The first-order valence-corrected chi connectivity index (χ1v) is 12.0. The summed E-state index contributed by atoms with van der Waals surface area (Å²) in [5.41, 5.74) is -5.09. The molecule has 14 heteroatoms. The van der Waals surface area contributed by atoms with Crippen molar-refractivity contribution in [1.82, 2.24) is 10.6 Å². The lowest BCUT2D eigenvalue weighted by Gasteiger charge is -2.22. The van der Waals surface area contributed by atoms with Crippen molar-refractivity contribution in [3.8, 4) is 0 Å². The summed E-state index contributed by atoms with van der Waals surface area (Å²) in [6, 6.07) is 8.25. The van der Waals surface area contributed by atoms with Gasteiger partial charge in [0.2, 0.25) is 5.91 Å². The van der Waals surface area contributed by atoms with E-state index in [1.54, 1.807) is 18.2 Å². The number of rotatable bonds is 12. The van der Waals surface area contributed by atoms with Crippen molar-refractivity contribution in [1.29, 1.82) is 0 Å².